The summed E-state index contributed by atoms with van der Waals surface area (Å²) in [6, 6.07) is 14.2. The number of rotatable bonds is 5. The van der Waals surface area contributed by atoms with Crippen molar-refractivity contribution in [3.63, 3.8) is 0 Å². The molecule has 132 valence electrons. The number of aliphatic hydroxyl groups is 1. The van der Waals surface area contributed by atoms with Crippen molar-refractivity contribution in [2.24, 2.45) is 0 Å². The fourth-order valence-electron chi connectivity index (χ4n) is 3.12. The minimum Gasteiger partial charge on any atom is -0.389 e. The monoisotopic (exact) mass is 474 g/mol. The number of nitrogens with zero attached hydrogens (tertiary/aromatic N) is 3. The van der Waals surface area contributed by atoms with E-state index in [-0.39, 0.29) is 0 Å². The van der Waals surface area contributed by atoms with Crippen LogP contribution in [-0.4, -0.2) is 32.3 Å². The van der Waals surface area contributed by atoms with Crippen LogP contribution in [0.2, 0.25) is 0 Å². The van der Waals surface area contributed by atoms with Gasteiger partial charge < -0.3 is 15.0 Å². The van der Waals surface area contributed by atoms with Crippen LogP contribution in [0.5, 0.6) is 0 Å². The second-order valence-corrected chi connectivity index (χ2v) is 7.87. The van der Waals surface area contributed by atoms with Crippen LogP contribution in [0.3, 0.4) is 0 Å². The van der Waals surface area contributed by atoms with Gasteiger partial charge in [0, 0.05) is 49.7 Å². The number of fused-ring (bicyclic) bond motifs is 3. The summed E-state index contributed by atoms with van der Waals surface area (Å²) in [5, 5.41) is 15.9. The Morgan fingerprint density at radius 1 is 0.962 bits per heavy atom. The smallest absolute Gasteiger partial charge is 0.222 e. The van der Waals surface area contributed by atoms with Gasteiger partial charge in [-0.15, -0.1) is 0 Å². The molecule has 0 amide bonds. The lowest BCUT2D eigenvalue weighted by atomic mass is 10.2. The van der Waals surface area contributed by atoms with E-state index < -0.39 is 6.10 Å². The van der Waals surface area contributed by atoms with Gasteiger partial charge in [0.15, 0.2) is 0 Å². The first kappa shape index (κ1) is 17.5. The summed E-state index contributed by atoms with van der Waals surface area (Å²) in [5.41, 5.74) is 2.19. The molecule has 5 nitrogen and oxygen atoms in total. The Balaban J connectivity index is 1.66. The normalized spacial score (nSPS) is 12.6. The predicted octanol–water partition coefficient (Wildman–Crippen LogP) is 4.58. The molecular weight excluding hydrogens is 460 g/mol. The van der Waals surface area contributed by atoms with E-state index in [1.54, 1.807) is 18.5 Å². The van der Waals surface area contributed by atoms with Crippen molar-refractivity contribution in [1.29, 1.82) is 0 Å². The number of halogens is 2. The average Bonchev–Trinajstić information content (AvgIpc) is 2.93. The Labute approximate surface area is 167 Å². The van der Waals surface area contributed by atoms with Crippen LogP contribution in [0.15, 0.2) is 63.8 Å². The molecule has 0 aliphatic carbocycles. The number of hydrogen-bond acceptors (Lipinski definition) is 4. The molecule has 2 heterocycles. The summed E-state index contributed by atoms with van der Waals surface area (Å²) in [7, 11) is 0. The zero-order chi connectivity index (χ0) is 18.1. The van der Waals surface area contributed by atoms with Gasteiger partial charge in [0.1, 0.15) is 0 Å². The van der Waals surface area contributed by atoms with E-state index in [4.69, 9.17) is 0 Å². The number of hydrogen-bond donors (Lipinski definition) is 2. The summed E-state index contributed by atoms with van der Waals surface area (Å²) in [5.74, 6) is 0.515. The van der Waals surface area contributed by atoms with Crippen molar-refractivity contribution < 1.29 is 5.11 Å². The van der Waals surface area contributed by atoms with E-state index >= 15 is 0 Å². The lowest BCUT2D eigenvalue weighted by molar-refractivity contribution is 0.169. The van der Waals surface area contributed by atoms with Crippen molar-refractivity contribution in [3.05, 3.63) is 63.8 Å². The molecular formula is C19H16Br2N4O. The molecule has 0 saturated heterocycles. The summed E-state index contributed by atoms with van der Waals surface area (Å²) in [6.45, 7) is 0.849. The molecule has 4 rings (SSSR count). The van der Waals surface area contributed by atoms with Gasteiger partial charge >= 0.3 is 0 Å². The molecule has 0 spiro atoms. The molecule has 4 aromatic rings. The Morgan fingerprint density at radius 2 is 1.54 bits per heavy atom. The largest absolute Gasteiger partial charge is 0.389 e. The van der Waals surface area contributed by atoms with Crippen molar-refractivity contribution in [3.8, 4) is 0 Å². The lowest BCUT2D eigenvalue weighted by Crippen LogP contribution is -2.25. The molecule has 2 N–H and O–H groups in total. The molecule has 0 fully saturated rings. The van der Waals surface area contributed by atoms with Crippen LogP contribution in [0.25, 0.3) is 21.8 Å². The van der Waals surface area contributed by atoms with Gasteiger partial charge in [-0.05, 0) is 42.5 Å². The molecule has 26 heavy (non-hydrogen) atoms. The van der Waals surface area contributed by atoms with Crippen LogP contribution < -0.4 is 5.32 Å². The highest BCUT2D eigenvalue weighted by atomic mass is 79.9. The van der Waals surface area contributed by atoms with Crippen molar-refractivity contribution in [2.45, 2.75) is 12.6 Å². The molecule has 1 atom stereocenters. The molecule has 0 saturated carbocycles. The van der Waals surface area contributed by atoms with Crippen LogP contribution in [0.1, 0.15) is 0 Å². The maximum Gasteiger partial charge on any atom is 0.222 e. The SMILES string of the molecule is OC(CNc1ncccn1)Cn1c2ccc(Br)cc2c2cc(Br)ccc21. The summed E-state index contributed by atoms with van der Waals surface area (Å²) in [4.78, 5) is 8.23. The van der Waals surface area contributed by atoms with E-state index in [2.05, 4.69) is 76.0 Å². The fraction of sp³-hybridized carbons (Fsp3) is 0.158. The second-order valence-electron chi connectivity index (χ2n) is 6.04. The van der Waals surface area contributed by atoms with Crippen LogP contribution in [0, 0.1) is 0 Å². The van der Waals surface area contributed by atoms with E-state index in [9.17, 15) is 5.11 Å². The van der Waals surface area contributed by atoms with Crippen molar-refractivity contribution >= 4 is 59.6 Å². The van der Waals surface area contributed by atoms with Crippen LogP contribution in [0.4, 0.5) is 5.95 Å². The third-order valence-corrected chi connectivity index (χ3v) is 5.23. The summed E-state index contributed by atoms with van der Waals surface area (Å²) in [6.07, 6.45) is 2.76. The molecule has 0 aliphatic rings. The van der Waals surface area contributed by atoms with Crippen LogP contribution >= 0.6 is 31.9 Å². The molecule has 7 heteroatoms. The van der Waals surface area contributed by atoms with Gasteiger partial charge in [-0.1, -0.05) is 31.9 Å². The molecule has 0 bridgehead atoms. The Morgan fingerprint density at radius 3 is 2.12 bits per heavy atom. The third kappa shape index (κ3) is 3.47. The minimum absolute atomic E-state index is 0.373. The molecule has 0 aliphatic heterocycles. The zero-order valence-electron chi connectivity index (χ0n) is 13.7. The van der Waals surface area contributed by atoms with Crippen LogP contribution in [-0.2, 0) is 6.54 Å². The maximum absolute atomic E-state index is 10.6. The second kappa shape index (κ2) is 7.34. The predicted molar refractivity (Wildman–Crippen MR) is 111 cm³/mol. The summed E-state index contributed by atoms with van der Waals surface area (Å²) < 4.78 is 4.22. The number of anilines is 1. The number of aliphatic hydroxyl groups excluding tert-OH is 1. The van der Waals surface area contributed by atoms with Gasteiger partial charge in [-0.2, -0.15) is 0 Å². The zero-order valence-corrected chi connectivity index (χ0v) is 16.9. The van der Waals surface area contributed by atoms with Gasteiger partial charge in [-0.25, -0.2) is 9.97 Å². The number of benzene rings is 2. The van der Waals surface area contributed by atoms with E-state index in [1.807, 2.05) is 12.1 Å². The lowest BCUT2D eigenvalue weighted by Gasteiger charge is -2.14. The van der Waals surface area contributed by atoms with Crippen molar-refractivity contribution in [2.75, 3.05) is 11.9 Å². The molecule has 2 aromatic heterocycles. The fourth-order valence-corrected chi connectivity index (χ4v) is 3.84. The first-order chi connectivity index (χ1) is 12.6. The first-order valence-corrected chi connectivity index (χ1v) is 9.76. The maximum atomic E-state index is 10.6. The third-order valence-electron chi connectivity index (χ3n) is 4.24. The van der Waals surface area contributed by atoms with E-state index in [0.717, 1.165) is 30.8 Å². The number of aromatic nitrogens is 3. The highest BCUT2D eigenvalue weighted by Gasteiger charge is 2.14. The molecule has 0 radical (unpaired) electrons. The highest BCUT2D eigenvalue weighted by Crippen LogP contribution is 2.33. The Kier molecular flexibility index (Phi) is 4.93. The van der Waals surface area contributed by atoms with Crippen molar-refractivity contribution in [1.82, 2.24) is 14.5 Å². The molecule has 2 aromatic carbocycles. The van der Waals surface area contributed by atoms with Gasteiger partial charge in [0.05, 0.1) is 12.6 Å². The van der Waals surface area contributed by atoms with E-state index in [1.165, 1.54) is 0 Å². The molecule has 1 unspecified atom stereocenters. The standard InChI is InChI=1S/C19H16Br2N4O/c20-12-2-4-17-15(8-12)16-9-13(21)3-5-18(16)25(17)11-14(26)10-24-19-22-6-1-7-23-19/h1-9,14,26H,10-11H2,(H,22,23,24). The summed E-state index contributed by atoms with van der Waals surface area (Å²) >= 11 is 7.11. The highest BCUT2D eigenvalue weighted by molar-refractivity contribution is 9.10. The first-order valence-electron chi connectivity index (χ1n) is 8.18. The van der Waals surface area contributed by atoms with Gasteiger partial charge in [-0.3, -0.25) is 0 Å². The van der Waals surface area contributed by atoms with E-state index in [0.29, 0.717) is 19.0 Å². The Bertz CT molecular complexity index is 1010. The topological polar surface area (TPSA) is 63.0 Å². The average molecular weight is 476 g/mol. The van der Waals surface area contributed by atoms with Gasteiger partial charge in [0.2, 0.25) is 5.95 Å². The minimum atomic E-state index is -0.579. The van der Waals surface area contributed by atoms with Gasteiger partial charge in [0.25, 0.3) is 0 Å². The quantitative estimate of drug-likeness (QED) is 0.443. The number of nitrogens with one attached hydrogen (secondary N) is 1. The Hall–Kier alpha value is -1.96.